The summed E-state index contributed by atoms with van der Waals surface area (Å²) in [6, 6.07) is 2.85. The van der Waals surface area contributed by atoms with Crippen molar-refractivity contribution in [2.45, 2.75) is 148 Å². The van der Waals surface area contributed by atoms with Crippen molar-refractivity contribution in [3.8, 4) is 0 Å². The third-order valence-electron chi connectivity index (χ3n) is 7.17. The first-order valence-electron chi connectivity index (χ1n) is 14.3. The van der Waals surface area contributed by atoms with Crippen molar-refractivity contribution >= 4 is 17.9 Å². The third-order valence-corrected chi connectivity index (χ3v) is 15.5. The number of hydrazine groups is 3. The first kappa shape index (κ1) is 32.3. The molecule has 0 saturated heterocycles. The van der Waals surface area contributed by atoms with E-state index in [0.717, 1.165) is 0 Å². The second kappa shape index (κ2) is 21.8. The minimum absolute atomic E-state index is 0.206. The zero-order valence-electron chi connectivity index (χ0n) is 23.5. The SMILES string of the molecule is CCCCCCCCCCCCCCCCCC[Si](C)(C)N([SiH2]CCC)N(C)N(C)NC. The highest BCUT2D eigenvalue weighted by Gasteiger charge is 2.32. The molecule has 0 unspecified atom stereocenters. The molecule has 0 fully saturated rings. The van der Waals surface area contributed by atoms with Gasteiger partial charge >= 0.3 is 0 Å². The molecule has 0 aliphatic rings. The maximum absolute atomic E-state index is 3.28. The summed E-state index contributed by atoms with van der Waals surface area (Å²) < 4.78 is 2.82. The molecule has 1 N–H and O–H groups in total. The molecule has 194 valence electrons. The van der Waals surface area contributed by atoms with Crippen LogP contribution in [-0.2, 0) is 0 Å². The molecule has 32 heavy (non-hydrogen) atoms. The van der Waals surface area contributed by atoms with Gasteiger partial charge in [-0.05, 0) is 12.1 Å². The van der Waals surface area contributed by atoms with Crippen molar-refractivity contribution in [3.63, 3.8) is 0 Å². The summed E-state index contributed by atoms with van der Waals surface area (Å²) in [5.74, 6) is 0. The lowest BCUT2D eigenvalue weighted by atomic mass is 10.0. The number of nitrogens with zero attached hydrogens (tertiary/aromatic N) is 3. The Morgan fingerprint density at radius 2 is 1.03 bits per heavy atom. The Kier molecular flexibility index (Phi) is 22.0. The van der Waals surface area contributed by atoms with Gasteiger partial charge in [-0.2, -0.15) is 10.2 Å². The van der Waals surface area contributed by atoms with Crippen LogP contribution in [0, 0.1) is 0 Å². The van der Waals surface area contributed by atoms with Crippen LogP contribution in [0.25, 0.3) is 0 Å². The van der Waals surface area contributed by atoms with Crippen LogP contribution >= 0.6 is 0 Å². The van der Waals surface area contributed by atoms with E-state index in [0.29, 0.717) is 0 Å². The van der Waals surface area contributed by atoms with E-state index in [-0.39, 0.29) is 9.68 Å². The minimum Gasteiger partial charge on any atom is -0.275 e. The van der Waals surface area contributed by atoms with E-state index in [1.54, 1.807) is 0 Å². The van der Waals surface area contributed by atoms with Crippen LogP contribution in [-0.4, -0.2) is 53.6 Å². The Morgan fingerprint density at radius 1 is 0.625 bits per heavy atom. The summed E-state index contributed by atoms with van der Waals surface area (Å²) in [7, 11) is 4.80. The fourth-order valence-electron chi connectivity index (χ4n) is 4.69. The molecule has 6 heteroatoms. The molecule has 0 bridgehead atoms. The van der Waals surface area contributed by atoms with Gasteiger partial charge in [0.2, 0.25) is 0 Å². The topological polar surface area (TPSA) is 21.8 Å². The van der Waals surface area contributed by atoms with Crippen LogP contribution < -0.4 is 5.43 Å². The summed E-state index contributed by atoms with van der Waals surface area (Å²) >= 11 is 0. The molecule has 0 heterocycles. The van der Waals surface area contributed by atoms with Crippen molar-refractivity contribution in [1.29, 1.82) is 0 Å². The van der Waals surface area contributed by atoms with Gasteiger partial charge in [0.1, 0.15) is 17.9 Å². The Morgan fingerprint density at radius 3 is 1.41 bits per heavy atom. The van der Waals surface area contributed by atoms with E-state index >= 15 is 0 Å². The first-order chi connectivity index (χ1) is 15.4. The van der Waals surface area contributed by atoms with E-state index in [1.807, 2.05) is 7.05 Å². The smallest absolute Gasteiger partial charge is 0.132 e. The molecule has 0 aromatic carbocycles. The largest absolute Gasteiger partial charge is 0.275 e. The first-order valence-corrected chi connectivity index (χ1v) is 19.1. The standard InChI is InChI=1S/C26H62N4Si2/c1-8-10-11-12-13-14-15-16-17-18-19-20-21-22-23-24-26-32(6,7)30(31-25-9-2)29(5)28(4)27-3/h27H,8-26,31H2,1-7H3. The molecule has 0 aliphatic carbocycles. The van der Waals surface area contributed by atoms with Crippen LogP contribution in [0.1, 0.15) is 123 Å². The van der Waals surface area contributed by atoms with Crippen molar-refractivity contribution in [2.24, 2.45) is 0 Å². The number of hydrogen-bond acceptors (Lipinski definition) is 4. The van der Waals surface area contributed by atoms with E-state index in [4.69, 9.17) is 0 Å². The van der Waals surface area contributed by atoms with Gasteiger partial charge in [-0.1, -0.05) is 136 Å². The Hall–Kier alpha value is 0.274. The van der Waals surface area contributed by atoms with Gasteiger partial charge in [-0.25, -0.2) is 5.43 Å². The highest BCUT2D eigenvalue weighted by Crippen LogP contribution is 2.22. The normalized spacial score (nSPS) is 12.9. The third kappa shape index (κ3) is 16.8. The second-order valence-electron chi connectivity index (χ2n) is 10.6. The van der Waals surface area contributed by atoms with E-state index in [9.17, 15) is 0 Å². The van der Waals surface area contributed by atoms with Gasteiger partial charge in [-0.3, -0.25) is 4.34 Å². The summed E-state index contributed by atoms with van der Waals surface area (Å²) in [6.07, 6.45) is 24.6. The average Bonchev–Trinajstić information content (AvgIpc) is 2.78. The zero-order valence-corrected chi connectivity index (χ0v) is 25.9. The monoisotopic (exact) mass is 486 g/mol. The maximum atomic E-state index is 3.28. The Bertz CT molecular complexity index is 396. The van der Waals surface area contributed by atoms with Gasteiger partial charge in [-0.15, -0.1) is 0 Å². The van der Waals surface area contributed by atoms with E-state index in [2.05, 4.69) is 61.0 Å². The quantitative estimate of drug-likeness (QED) is 0.0866. The molecule has 0 aromatic heterocycles. The van der Waals surface area contributed by atoms with Crippen LogP contribution in [0.3, 0.4) is 0 Å². The fourth-order valence-corrected chi connectivity index (χ4v) is 11.4. The summed E-state index contributed by atoms with van der Waals surface area (Å²) in [5, 5.41) is 4.52. The summed E-state index contributed by atoms with van der Waals surface area (Å²) in [4.78, 5) is 0. The highest BCUT2D eigenvalue weighted by atomic mass is 28.4. The van der Waals surface area contributed by atoms with E-state index in [1.165, 1.54) is 121 Å². The molecule has 0 saturated carbocycles. The Labute approximate surface area is 207 Å². The van der Waals surface area contributed by atoms with Gasteiger partial charge in [0.25, 0.3) is 0 Å². The number of rotatable bonds is 24. The lowest BCUT2D eigenvalue weighted by molar-refractivity contribution is -0.0974. The van der Waals surface area contributed by atoms with E-state index < -0.39 is 8.24 Å². The predicted octanol–water partition coefficient (Wildman–Crippen LogP) is 7.50. The predicted molar refractivity (Wildman–Crippen MR) is 152 cm³/mol. The molecule has 0 radical (unpaired) electrons. The van der Waals surface area contributed by atoms with Gasteiger partial charge < -0.3 is 0 Å². The number of unbranched alkanes of at least 4 members (excludes halogenated alkanes) is 15. The molecule has 0 rings (SSSR count). The second-order valence-corrected chi connectivity index (χ2v) is 17.6. The molecule has 0 atom stereocenters. The lowest BCUT2D eigenvalue weighted by Gasteiger charge is -2.46. The molecule has 0 aliphatic heterocycles. The van der Waals surface area contributed by atoms with Crippen LogP contribution in [0.2, 0.25) is 25.2 Å². The van der Waals surface area contributed by atoms with Crippen molar-refractivity contribution in [3.05, 3.63) is 0 Å². The minimum atomic E-state index is -1.38. The number of nitrogens with one attached hydrogen (secondary N) is 1. The Balaban J connectivity index is 3.77. The van der Waals surface area contributed by atoms with Crippen molar-refractivity contribution in [2.75, 3.05) is 21.1 Å². The number of hydrogen-bond donors (Lipinski definition) is 1. The zero-order chi connectivity index (χ0) is 24.1. The van der Waals surface area contributed by atoms with Gasteiger partial charge in [0, 0.05) is 21.1 Å². The fraction of sp³-hybridized carbons (Fsp3) is 1.00. The van der Waals surface area contributed by atoms with Crippen LogP contribution in [0.5, 0.6) is 0 Å². The molecule has 4 nitrogen and oxygen atoms in total. The van der Waals surface area contributed by atoms with Crippen LogP contribution in [0.4, 0.5) is 0 Å². The van der Waals surface area contributed by atoms with Crippen LogP contribution in [0.15, 0.2) is 0 Å². The van der Waals surface area contributed by atoms with Crippen molar-refractivity contribution in [1.82, 2.24) is 20.0 Å². The highest BCUT2D eigenvalue weighted by molar-refractivity contribution is 6.79. The van der Waals surface area contributed by atoms with Gasteiger partial charge in [0.05, 0.1) is 0 Å². The summed E-state index contributed by atoms with van der Waals surface area (Å²) in [5.41, 5.74) is 3.28. The lowest BCUT2D eigenvalue weighted by Crippen LogP contribution is -2.64. The summed E-state index contributed by atoms with van der Waals surface area (Å²) in [6.45, 7) is 9.80. The molecule has 0 amide bonds. The average molecular weight is 487 g/mol. The van der Waals surface area contributed by atoms with Crippen molar-refractivity contribution < 1.29 is 0 Å². The molecule has 0 spiro atoms. The molecular formula is C26H62N4Si2. The molecule has 0 aromatic rings. The van der Waals surface area contributed by atoms with Gasteiger partial charge in [0.15, 0.2) is 0 Å². The maximum Gasteiger partial charge on any atom is 0.132 e. The molecular weight excluding hydrogens is 424 g/mol.